The molecule has 1 amide bonds. The van der Waals surface area contributed by atoms with Crippen LogP contribution >= 0.6 is 11.6 Å². The molecule has 6 nitrogen and oxygen atoms in total. The molecule has 0 aliphatic carbocycles. The number of aromatic nitrogens is 1. The quantitative estimate of drug-likeness (QED) is 0.662. The number of fused-ring (bicyclic) bond motifs is 1. The molecule has 0 saturated carbocycles. The number of carbonyl (C=O) groups excluding carboxylic acids is 2. The molecule has 1 aliphatic rings. The van der Waals surface area contributed by atoms with E-state index in [1.807, 2.05) is 6.92 Å². The Morgan fingerprint density at radius 1 is 1.17 bits per heavy atom. The molecule has 0 saturated heterocycles. The van der Waals surface area contributed by atoms with Crippen molar-refractivity contribution in [2.24, 2.45) is 5.73 Å². The predicted octanol–water partition coefficient (Wildman–Crippen LogP) is 4.28. The lowest BCUT2D eigenvalue weighted by atomic mass is 10.0. The van der Waals surface area contributed by atoms with Gasteiger partial charge in [0.15, 0.2) is 11.9 Å². The van der Waals surface area contributed by atoms with E-state index in [0.717, 1.165) is 11.1 Å². The minimum absolute atomic E-state index is 0.0591. The van der Waals surface area contributed by atoms with Crippen LogP contribution in [0.3, 0.4) is 0 Å². The second-order valence-electron chi connectivity index (χ2n) is 6.97. The fourth-order valence-corrected chi connectivity index (χ4v) is 3.49. The van der Waals surface area contributed by atoms with Crippen molar-refractivity contribution in [1.29, 1.82) is 0 Å². The van der Waals surface area contributed by atoms with E-state index in [1.165, 1.54) is 0 Å². The smallest absolute Gasteiger partial charge is 0.248 e. The maximum atomic E-state index is 12.2. The molecule has 1 aromatic heterocycles. The zero-order chi connectivity index (χ0) is 21.3. The summed E-state index contributed by atoms with van der Waals surface area (Å²) in [7, 11) is 0. The van der Waals surface area contributed by atoms with E-state index >= 15 is 0 Å². The molecular formula is C23H19ClN2O4. The highest BCUT2D eigenvalue weighted by molar-refractivity contribution is 6.30. The monoisotopic (exact) mass is 422 g/mol. The number of pyridine rings is 1. The summed E-state index contributed by atoms with van der Waals surface area (Å²) in [6.07, 6.45) is 1.35. The first-order chi connectivity index (χ1) is 14.4. The van der Waals surface area contributed by atoms with E-state index in [0.29, 0.717) is 46.4 Å². The Balaban J connectivity index is 1.74. The summed E-state index contributed by atoms with van der Waals surface area (Å²) in [6, 6.07) is 13.8. The third-order valence-corrected chi connectivity index (χ3v) is 5.22. The van der Waals surface area contributed by atoms with Gasteiger partial charge < -0.3 is 15.2 Å². The van der Waals surface area contributed by atoms with Crippen LogP contribution in [0.5, 0.6) is 11.5 Å². The highest BCUT2D eigenvalue weighted by atomic mass is 35.5. The lowest BCUT2D eigenvalue weighted by Crippen LogP contribution is -2.17. The molecule has 0 radical (unpaired) electrons. The molecule has 2 N–H and O–H groups in total. The number of carbonyl (C=O) groups is 2. The van der Waals surface area contributed by atoms with Crippen LogP contribution < -0.4 is 15.2 Å². The molecule has 2 aromatic carbocycles. The highest BCUT2D eigenvalue weighted by Crippen LogP contribution is 2.37. The number of amides is 1. The zero-order valence-corrected chi connectivity index (χ0v) is 17.0. The minimum Gasteiger partial charge on any atom is -0.492 e. The van der Waals surface area contributed by atoms with Crippen LogP contribution in [-0.4, -0.2) is 23.3 Å². The molecule has 2 heterocycles. The summed E-state index contributed by atoms with van der Waals surface area (Å²) in [4.78, 5) is 28.0. The molecule has 4 rings (SSSR count). The number of nitrogens with zero attached hydrogens (tertiary/aromatic N) is 1. The largest absolute Gasteiger partial charge is 0.492 e. The van der Waals surface area contributed by atoms with Crippen molar-refractivity contribution in [1.82, 2.24) is 4.98 Å². The van der Waals surface area contributed by atoms with Crippen LogP contribution in [0.15, 0.2) is 54.7 Å². The summed E-state index contributed by atoms with van der Waals surface area (Å²) in [5.74, 6) is 0.680. The number of nitrogens with two attached hydrogens (primary N) is 1. The standard InChI is InChI=1S/C23H19ClN2O4/c1-13-20(9-7-17-19(27)10-11-29-21(13)17)30-22(18-8-6-16(24)12-26-18)14-2-4-15(5-3-14)23(25)28/h2-9,12,22H,10-11H2,1H3,(H2,25,28)/t22-/m1/s1. The number of benzene rings is 2. The highest BCUT2D eigenvalue weighted by Gasteiger charge is 2.25. The van der Waals surface area contributed by atoms with Gasteiger partial charge in [-0.25, -0.2) is 0 Å². The average Bonchev–Trinajstić information content (AvgIpc) is 2.75. The first-order valence-corrected chi connectivity index (χ1v) is 9.79. The van der Waals surface area contributed by atoms with E-state index < -0.39 is 12.0 Å². The lowest BCUT2D eigenvalue weighted by molar-refractivity contribution is 0.0931. The Bertz CT molecular complexity index is 1110. The lowest BCUT2D eigenvalue weighted by Gasteiger charge is -2.24. The number of ketones is 1. The molecule has 0 bridgehead atoms. The molecular weight excluding hydrogens is 404 g/mol. The van der Waals surface area contributed by atoms with Crippen LogP contribution in [-0.2, 0) is 0 Å². The summed E-state index contributed by atoms with van der Waals surface area (Å²) in [6.45, 7) is 2.21. The molecule has 0 unspecified atom stereocenters. The molecule has 30 heavy (non-hydrogen) atoms. The number of hydrogen-bond acceptors (Lipinski definition) is 5. The summed E-state index contributed by atoms with van der Waals surface area (Å²) in [5, 5.41) is 0.512. The van der Waals surface area contributed by atoms with Gasteiger partial charge in [0.1, 0.15) is 11.5 Å². The number of rotatable bonds is 5. The molecule has 0 spiro atoms. The third kappa shape index (κ3) is 3.86. The summed E-state index contributed by atoms with van der Waals surface area (Å²) in [5.41, 5.74) is 8.48. The summed E-state index contributed by atoms with van der Waals surface area (Å²) < 4.78 is 12.1. The second kappa shape index (κ2) is 8.16. The second-order valence-corrected chi connectivity index (χ2v) is 7.41. The maximum Gasteiger partial charge on any atom is 0.248 e. The van der Waals surface area contributed by atoms with Crippen molar-refractivity contribution < 1.29 is 19.1 Å². The predicted molar refractivity (Wildman–Crippen MR) is 112 cm³/mol. The van der Waals surface area contributed by atoms with Crippen LogP contribution in [0, 0.1) is 6.92 Å². The molecule has 152 valence electrons. The molecule has 7 heteroatoms. The topological polar surface area (TPSA) is 91.5 Å². The number of hydrogen-bond donors (Lipinski definition) is 1. The number of Topliss-reactive ketones (excluding diaryl/α,β-unsaturated/α-hetero) is 1. The van der Waals surface area contributed by atoms with E-state index in [4.69, 9.17) is 26.8 Å². The Labute approximate surface area is 178 Å². The van der Waals surface area contributed by atoms with Crippen LogP contribution in [0.1, 0.15) is 50.1 Å². The Kier molecular flexibility index (Phi) is 5.42. The van der Waals surface area contributed by atoms with Gasteiger partial charge in [0.2, 0.25) is 5.91 Å². The molecule has 0 fully saturated rings. The normalized spacial score (nSPS) is 13.9. The number of ether oxygens (including phenoxy) is 2. The zero-order valence-electron chi connectivity index (χ0n) is 16.2. The average molecular weight is 423 g/mol. The van der Waals surface area contributed by atoms with Gasteiger partial charge in [-0.3, -0.25) is 14.6 Å². The number of halogens is 1. The van der Waals surface area contributed by atoms with Crippen molar-refractivity contribution in [2.75, 3.05) is 6.61 Å². The molecule has 1 atom stereocenters. The fourth-order valence-electron chi connectivity index (χ4n) is 3.38. The summed E-state index contributed by atoms with van der Waals surface area (Å²) >= 11 is 5.99. The van der Waals surface area contributed by atoms with E-state index in [1.54, 1.807) is 54.7 Å². The van der Waals surface area contributed by atoms with Gasteiger partial charge in [0, 0.05) is 23.7 Å². The van der Waals surface area contributed by atoms with Gasteiger partial charge in [-0.05, 0) is 48.9 Å². The van der Waals surface area contributed by atoms with Crippen LogP contribution in [0.2, 0.25) is 5.02 Å². The Hall–Kier alpha value is -3.38. The van der Waals surface area contributed by atoms with Crippen molar-refractivity contribution in [2.45, 2.75) is 19.4 Å². The Morgan fingerprint density at radius 3 is 2.60 bits per heavy atom. The van der Waals surface area contributed by atoms with Crippen molar-refractivity contribution >= 4 is 23.3 Å². The first kappa shape index (κ1) is 19.9. The van der Waals surface area contributed by atoms with Crippen LogP contribution in [0.25, 0.3) is 0 Å². The minimum atomic E-state index is -0.569. The van der Waals surface area contributed by atoms with Crippen molar-refractivity contribution in [3.8, 4) is 11.5 Å². The van der Waals surface area contributed by atoms with E-state index in [2.05, 4.69) is 4.98 Å². The molecule has 3 aromatic rings. The van der Waals surface area contributed by atoms with Gasteiger partial charge in [0.05, 0.1) is 22.9 Å². The number of primary amides is 1. The van der Waals surface area contributed by atoms with E-state index in [-0.39, 0.29) is 5.78 Å². The third-order valence-electron chi connectivity index (χ3n) is 4.99. The van der Waals surface area contributed by atoms with Gasteiger partial charge in [-0.15, -0.1) is 0 Å². The van der Waals surface area contributed by atoms with Crippen LogP contribution in [0.4, 0.5) is 0 Å². The van der Waals surface area contributed by atoms with Gasteiger partial charge in [0.25, 0.3) is 0 Å². The van der Waals surface area contributed by atoms with Crippen molar-refractivity contribution in [3.63, 3.8) is 0 Å². The Morgan fingerprint density at radius 2 is 1.93 bits per heavy atom. The molecule has 1 aliphatic heterocycles. The SMILES string of the molecule is Cc1c(O[C@H](c2ccc(C(N)=O)cc2)c2ccc(Cl)cn2)ccc2c1OCCC2=O. The first-order valence-electron chi connectivity index (χ1n) is 9.41. The van der Waals surface area contributed by atoms with Gasteiger partial charge in [-0.2, -0.15) is 0 Å². The van der Waals surface area contributed by atoms with Gasteiger partial charge >= 0.3 is 0 Å². The maximum absolute atomic E-state index is 12.2. The fraction of sp³-hybridized carbons (Fsp3) is 0.174. The van der Waals surface area contributed by atoms with Gasteiger partial charge in [-0.1, -0.05) is 23.7 Å². The van der Waals surface area contributed by atoms with Crippen molar-refractivity contribution in [3.05, 3.63) is 87.7 Å². The van der Waals surface area contributed by atoms with E-state index in [9.17, 15) is 9.59 Å².